The quantitative estimate of drug-likeness (QED) is 0.366. The average Bonchev–Trinajstić information content (AvgIpc) is 2.92. The van der Waals surface area contributed by atoms with E-state index in [0.29, 0.717) is 17.2 Å². The van der Waals surface area contributed by atoms with Crippen molar-refractivity contribution in [2.24, 2.45) is 0 Å². The molecule has 11 heteroatoms. The molecule has 0 aliphatic carbocycles. The number of carbonyl (C=O) groups is 3. The molecule has 1 aromatic rings. The monoisotopic (exact) mass is 432 g/mol. The van der Waals surface area contributed by atoms with Gasteiger partial charge in [-0.2, -0.15) is 0 Å². The van der Waals surface area contributed by atoms with Gasteiger partial charge in [-0.15, -0.1) is 11.8 Å². The van der Waals surface area contributed by atoms with Gasteiger partial charge in [0, 0.05) is 10.3 Å². The topological polar surface area (TPSA) is 117 Å². The van der Waals surface area contributed by atoms with Crippen LogP contribution in [0.15, 0.2) is 12.1 Å². The summed E-state index contributed by atoms with van der Waals surface area (Å²) in [4.78, 5) is 37.9. The maximum Gasteiger partial charge on any atom is 1.00 e. The van der Waals surface area contributed by atoms with E-state index < -0.39 is 40.0 Å². The number of β-lactam (4-membered cyclic amide) rings is 1. The van der Waals surface area contributed by atoms with Crippen LogP contribution in [0.2, 0.25) is 0 Å². The van der Waals surface area contributed by atoms with E-state index in [1.165, 1.54) is 50.1 Å². The predicted molar refractivity (Wildman–Crippen MR) is 98.5 cm³/mol. The van der Waals surface area contributed by atoms with Crippen molar-refractivity contribution in [3.05, 3.63) is 17.7 Å². The molecule has 0 radical (unpaired) electrons. The third-order valence-electron chi connectivity index (χ3n) is 4.88. The third kappa shape index (κ3) is 3.90. The maximum atomic E-state index is 12.7. The zero-order valence-corrected chi connectivity index (χ0v) is 19.9. The fourth-order valence-corrected chi connectivity index (χ4v) is 5.18. The van der Waals surface area contributed by atoms with Crippen LogP contribution in [0.3, 0.4) is 0 Å². The summed E-state index contributed by atoms with van der Waals surface area (Å²) in [5.74, 6) is -1.30. The number of hydrogen-bond donors (Lipinski definition) is 1. The number of benzene rings is 1. The van der Waals surface area contributed by atoms with Gasteiger partial charge >= 0.3 is 29.6 Å². The first-order valence-electron chi connectivity index (χ1n) is 8.48. The molecule has 1 aromatic carbocycles. The number of rotatable bonds is 6. The van der Waals surface area contributed by atoms with Crippen molar-refractivity contribution in [2.75, 3.05) is 21.3 Å². The Hall–Kier alpha value is -1.62. The number of carbonyl (C=O) groups excluding carboxylic acids is 3. The number of fused-ring (bicyclic) bond motifs is 1. The van der Waals surface area contributed by atoms with Crippen LogP contribution >= 0.6 is 11.8 Å². The van der Waals surface area contributed by atoms with Crippen molar-refractivity contribution in [1.29, 1.82) is 0 Å². The zero-order valence-electron chi connectivity index (χ0n) is 17.1. The van der Waals surface area contributed by atoms with Gasteiger partial charge in [0.1, 0.15) is 11.4 Å². The first-order chi connectivity index (χ1) is 13.2. The summed E-state index contributed by atoms with van der Waals surface area (Å²) in [7, 11) is 4.32. The first kappa shape index (κ1) is 23.7. The molecular formula is C18H21N2NaO7S. The van der Waals surface area contributed by atoms with E-state index in [-0.39, 0.29) is 35.1 Å². The molecular weight excluding hydrogens is 411 g/mol. The van der Waals surface area contributed by atoms with Crippen LogP contribution in [0.5, 0.6) is 17.2 Å². The van der Waals surface area contributed by atoms with Crippen LogP contribution in [0.4, 0.5) is 0 Å². The number of aliphatic carboxylic acids is 1. The Morgan fingerprint density at radius 3 is 2.14 bits per heavy atom. The maximum absolute atomic E-state index is 12.7. The fraction of sp³-hybridized carbons (Fsp3) is 0.500. The van der Waals surface area contributed by atoms with Gasteiger partial charge < -0.3 is 34.3 Å². The summed E-state index contributed by atoms with van der Waals surface area (Å²) < 4.78 is 15.0. The van der Waals surface area contributed by atoms with E-state index in [1.807, 2.05) is 0 Å². The van der Waals surface area contributed by atoms with E-state index in [2.05, 4.69) is 5.32 Å². The van der Waals surface area contributed by atoms with Gasteiger partial charge in [-0.25, -0.2) is 0 Å². The fourth-order valence-electron chi connectivity index (χ4n) is 3.56. The molecule has 0 bridgehead atoms. The van der Waals surface area contributed by atoms with Gasteiger partial charge in [-0.1, -0.05) is 0 Å². The molecule has 2 fully saturated rings. The number of nitrogens with one attached hydrogen (secondary N) is 1. The molecule has 29 heavy (non-hydrogen) atoms. The van der Waals surface area contributed by atoms with Crippen molar-refractivity contribution in [1.82, 2.24) is 10.2 Å². The molecule has 1 N–H and O–H groups in total. The molecule has 9 nitrogen and oxygen atoms in total. The zero-order chi connectivity index (χ0) is 20.8. The largest absolute Gasteiger partial charge is 1.00 e. The molecule has 2 heterocycles. The number of methoxy groups -OCH3 is 3. The summed E-state index contributed by atoms with van der Waals surface area (Å²) >= 11 is 1.32. The second kappa shape index (κ2) is 8.63. The number of nitrogens with zero attached hydrogens (tertiary/aromatic N) is 1. The van der Waals surface area contributed by atoms with E-state index in [0.717, 1.165) is 0 Å². The molecule has 2 aliphatic rings. The Morgan fingerprint density at radius 2 is 1.69 bits per heavy atom. The summed E-state index contributed by atoms with van der Waals surface area (Å²) in [6, 6.07) is 1.10. The Bertz CT molecular complexity index is 822. The number of ether oxygens (including phenoxy) is 3. The second-order valence-corrected chi connectivity index (χ2v) is 8.71. The second-order valence-electron chi connectivity index (χ2n) is 6.94. The third-order valence-corrected chi connectivity index (χ3v) is 6.45. The van der Waals surface area contributed by atoms with Crippen LogP contribution in [0, 0.1) is 0 Å². The molecule has 152 valence electrons. The van der Waals surface area contributed by atoms with Crippen LogP contribution in [0.1, 0.15) is 24.2 Å². The van der Waals surface area contributed by atoms with Crippen LogP contribution in [0.25, 0.3) is 0 Å². The van der Waals surface area contributed by atoms with E-state index in [9.17, 15) is 19.5 Å². The standard InChI is InChI=1S/C18H22N2O7S.Na/c1-18(2)13(17(23)24)20-15(22)11(16(20)28-18)19-14(21)8-6-9(25-3)12(27-5)10(7-8)26-4;/h6-7,11,13,16H,1-5H3,(H,19,21)(H,23,24);/q;+1/p-1. The smallest absolute Gasteiger partial charge is 0.548 e. The first-order valence-corrected chi connectivity index (χ1v) is 9.36. The minimum atomic E-state index is -1.30. The van der Waals surface area contributed by atoms with Crippen LogP contribution in [-0.2, 0) is 9.59 Å². The van der Waals surface area contributed by atoms with Crippen molar-refractivity contribution in [2.45, 2.75) is 36.1 Å². The molecule has 2 amide bonds. The minimum Gasteiger partial charge on any atom is -0.548 e. The van der Waals surface area contributed by atoms with Crippen molar-refractivity contribution >= 4 is 29.5 Å². The normalized spacial score (nSPS) is 24.0. The van der Waals surface area contributed by atoms with Crippen molar-refractivity contribution in [3.8, 4) is 17.2 Å². The summed E-state index contributed by atoms with van der Waals surface area (Å²) in [6.07, 6.45) is 0. The summed E-state index contributed by atoms with van der Waals surface area (Å²) in [5.41, 5.74) is 0.222. The average molecular weight is 432 g/mol. The molecule has 0 spiro atoms. The van der Waals surface area contributed by atoms with Crippen LogP contribution < -0.4 is 54.2 Å². The van der Waals surface area contributed by atoms with Crippen molar-refractivity contribution in [3.63, 3.8) is 0 Å². The Kier molecular flexibility index (Phi) is 7.04. The Morgan fingerprint density at radius 1 is 1.14 bits per heavy atom. The SMILES string of the molecule is COc1cc(C(=O)NC2C(=O)N3C2SC(C)(C)C3C(=O)[O-])cc(OC)c1OC.[Na+]. The predicted octanol–water partition coefficient (Wildman–Crippen LogP) is -3.37. The number of hydrogen-bond acceptors (Lipinski definition) is 8. The Balaban J connectivity index is 0.00000300. The van der Waals surface area contributed by atoms with Gasteiger partial charge in [-0.05, 0) is 26.0 Å². The summed E-state index contributed by atoms with van der Waals surface area (Å²) in [5, 5.41) is 13.7. The van der Waals surface area contributed by atoms with E-state index >= 15 is 0 Å². The number of amides is 2. The Labute approximate surface area is 194 Å². The molecule has 2 aliphatic heterocycles. The molecule has 2 saturated heterocycles. The minimum absolute atomic E-state index is 0. The molecule has 0 saturated carbocycles. The number of carboxylic acid groups (broad SMARTS) is 1. The molecule has 0 aromatic heterocycles. The van der Waals surface area contributed by atoms with Gasteiger partial charge in [0.2, 0.25) is 11.7 Å². The van der Waals surface area contributed by atoms with Gasteiger partial charge in [-0.3, -0.25) is 9.59 Å². The van der Waals surface area contributed by atoms with Crippen molar-refractivity contribution < 1.29 is 63.3 Å². The number of carboxylic acids is 1. The summed E-state index contributed by atoms with van der Waals surface area (Å²) in [6.45, 7) is 3.48. The van der Waals surface area contributed by atoms with Gasteiger partial charge in [0.15, 0.2) is 11.5 Å². The van der Waals surface area contributed by atoms with E-state index in [1.54, 1.807) is 13.8 Å². The molecule has 3 atom stereocenters. The molecule has 3 rings (SSSR count). The van der Waals surface area contributed by atoms with Gasteiger partial charge in [0.25, 0.3) is 5.91 Å². The van der Waals surface area contributed by atoms with Crippen LogP contribution in [-0.4, -0.2) is 66.2 Å². The van der Waals surface area contributed by atoms with Gasteiger partial charge in [0.05, 0.1) is 33.3 Å². The molecule has 3 unspecified atom stereocenters. The van der Waals surface area contributed by atoms with E-state index in [4.69, 9.17) is 14.2 Å². The number of thioether (sulfide) groups is 1.